The molecule has 63 heavy (non-hydrogen) atoms. The smallest absolute Gasteiger partial charge is 0.306 e. The number of carbonyl (C=O) groups is 3. The lowest BCUT2D eigenvalue weighted by Crippen LogP contribution is -2.57. The summed E-state index contributed by atoms with van der Waals surface area (Å²) in [6, 6.07) is 0.920. The molecule has 23 heteroatoms. The molecule has 1 saturated heterocycles. The number of ketones is 1. The van der Waals surface area contributed by atoms with E-state index in [2.05, 4.69) is 24.1 Å². The third-order valence-electron chi connectivity index (χ3n) is 11.3. The van der Waals surface area contributed by atoms with E-state index in [1.165, 1.54) is 24.4 Å². The number of rotatable bonds is 25. The highest BCUT2D eigenvalue weighted by atomic mass is 32.3. The van der Waals surface area contributed by atoms with Gasteiger partial charge in [0.15, 0.2) is 5.78 Å². The fraction of sp³-hybridized carbons (Fsp3) is 0.775. The molecule has 19 nitrogen and oxygen atoms in total. The zero-order valence-electron chi connectivity index (χ0n) is 38.2. The van der Waals surface area contributed by atoms with Crippen LogP contribution in [0.15, 0.2) is 14.5 Å². The number of likely N-dealkylation sites (N-methyl/N-ethyl adjacent to an activating group) is 1. The van der Waals surface area contributed by atoms with Crippen LogP contribution in [0.4, 0.5) is 5.82 Å². The van der Waals surface area contributed by atoms with Crippen LogP contribution in [-0.2, 0) is 53.4 Å². The molecule has 0 amide bonds. The number of hydrogen-bond donors (Lipinski definition) is 3. The Kier molecular flexibility index (Phi) is 18.9. The zero-order valence-corrected chi connectivity index (χ0v) is 41.5. The van der Waals surface area contributed by atoms with Crippen molar-refractivity contribution in [3.63, 3.8) is 0 Å². The number of nitrogens with zero attached hydrogens (tertiary/aromatic N) is 4. The minimum atomic E-state index is -4.44. The van der Waals surface area contributed by atoms with E-state index in [1.54, 1.807) is 27.7 Å². The summed E-state index contributed by atoms with van der Waals surface area (Å²) in [6.45, 7) is 19.7. The number of fused-ring (bicyclic) bond motifs is 1. The number of aromatic nitrogens is 2. The van der Waals surface area contributed by atoms with E-state index in [4.69, 9.17) is 23.7 Å². The molecular formula is C40H67N7O12S4. The Balaban J connectivity index is 1.41. The Morgan fingerprint density at radius 2 is 1.71 bits per heavy atom. The predicted octanol–water partition coefficient (Wildman–Crippen LogP) is 3.65. The van der Waals surface area contributed by atoms with E-state index in [0.29, 0.717) is 74.5 Å². The molecular weight excluding hydrogens is 899 g/mol. The minimum absolute atomic E-state index is 0.0199. The van der Waals surface area contributed by atoms with Crippen molar-refractivity contribution in [1.82, 2.24) is 28.4 Å². The Hall–Kier alpha value is -2.87. The van der Waals surface area contributed by atoms with Crippen molar-refractivity contribution in [2.24, 2.45) is 5.92 Å². The summed E-state index contributed by atoms with van der Waals surface area (Å²) in [5.74, 6) is -2.01. The molecule has 2 unspecified atom stereocenters. The summed E-state index contributed by atoms with van der Waals surface area (Å²) < 4.78 is 96.0. The Labute approximate surface area is 381 Å². The van der Waals surface area contributed by atoms with Crippen LogP contribution in [0.2, 0.25) is 0 Å². The first-order valence-corrected chi connectivity index (χ1v) is 25.9. The predicted molar refractivity (Wildman–Crippen MR) is 239 cm³/mol. The van der Waals surface area contributed by atoms with Gasteiger partial charge in [-0.15, -0.1) is 15.7 Å². The normalized spacial score (nSPS) is 19.9. The fourth-order valence-electron chi connectivity index (χ4n) is 7.06. The molecule has 4 rings (SSSR count). The summed E-state index contributed by atoms with van der Waals surface area (Å²) in [6.07, 6.45) is -0.688. The maximum absolute atomic E-state index is 14.3. The van der Waals surface area contributed by atoms with E-state index in [1.807, 2.05) is 32.6 Å². The van der Waals surface area contributed by atoms with Gasteiger partial charge in [-0.05, 0) is 66.5 Å². The highest BCUT2D eigenvalue weighted by molar-refractivity contribution is 7.94. The lowest BCUT2D eigenvalue weighted by Gasteiger charge is -2.38. The van der Waals surface area contributed by atoms with Gasteiger partial charge in [0, 0.05) is 63.6 Å². The number of hydrogen-bond acceptors (Lipinski definition) is 19. The molecule has 2 aliphatic heterocycles. The fourth-order valence-corrected chi connectivity index (χ4v) is 12.9. The van der Waals surface area contributed by atoms with Gasteiger partial charge in [-0.1, -0.05) is 27.7 Å². The lowest BCUT2D eigenvalue weighted by molar-refractivity contribution is -0.169. The molecule has 358 valence electrons. The number of esters is 2. The van der Waals surface area contributed by atoms with Gasteiger partial charge >= 0.3 is 11.9 Å². The second-order valence-electron chi connectivity index (χ2n) is 17.2. The van der Waals surface area contributed by atoms with Crippen LogP contribution in [0.25, 0.3) is 0 Å². The topological polar surface area (TPSA) is 234 Å². The van der Waals surface area contributed by atoms with E-state index >= 15 is 0 Å². The van der Waals surface area contributed by atoms with Gasteiger partial charge in [0.2, 0.25) is 5.82 Å². The van der Waals surface area contributed by atoms with Crippen LogP contribution < -0.4 is 25.0 Å². The maximum Gasteiger partial charge on any atom is 0.306 e. The highest BCUT2D eigenvalue weighted by Gasteiger charge is 2.47. The first-order chi connectivity index (χ1) is 29.5. The van der Waals surface area contributed by atoms with Gasteiger partial charge in [-0.3, -0.25) is 14.4 Å². The number of nitrogens with one attached hydrogen (secondary N) is 3. The maximum atomic E-state index is 14.3. The van der Waals surface area contributed by atoms with Crippen LogP contribution in [0.3, 0.4) is 0 Å². The molecule has 2 aromatic heterocycles. The molecule has 3 N–H and O–H groups in total. The van der Waals surface area contributed by atoms with Crippen molar-refractivity contribution >= 4 is 66.7 Å². The van der Waals surface area contributed by atoms with Gasteiger partial charge in [0.25, 0.3) is 25.9 Å². The molecule has 2 aromatic rings. The van der Waals surface area contributed by atoms with E-state index in [-0.39, 0.29) is 65.9 Å². The Bertz CT molecular complexity index is 2070. The van der Waals surface area contributed by atoms with Crippen molar-refractivity contribution in [2.45, 2.75) is 132 Å². The molecule has 0 saturated carbocycles. The van der Waals surface area contributed by atoms with Crippen molar-refractivity contribution in [1.29, 1.82) is 0 Å². The summed E-state index contributed by atoms with van der Waals surface area (Å²) >= 11 is 1.66. The minimum Gasteiger partial charge on any atom is -0.470 e. The monoisotopic (exact) mass is 965 g/mol. The second-order valence-corrected chi connectivity index (χ2v) is 22.8. The summed E-state index contributed by atoms with van der Waals surface area (Å²) in [5, 5.41) is 6.58. The van der Waals surface area contributed by atoms with Crippen LogP contribution in [0.1, 0.15) is 106 Å². The third kappa shape index (κ3) is 13.8. The number of methoxy groups -OCH3 is 1. The quantitative estimate of drug-likeness (QED) is 0.0952. The number of morpholine rings is 1. The number of thiophene rings is 1. The van der Waals surface area contributed by atoms with Gasteiger partial charge in [0.1, 0.15) is 26.7 Å². The van der Waals surface area contributed by atoms with Crippen LogP contribution in [0.5, 0.6) is 5.88 Å². The molecule has 4 heterocycles. The van der Waals surface area contributed by atoms with E-state index < -0.39 is 67.0 Å². The van der Waals surface area contributed by atoms with Crippen molar-refractivity contribution in [2.75, 3.05) is 77.7 Å². The van der Waals surface area contributed by atoms with E-state index in [9.17, 15) is 31.2 Å². The van der Waals surface area contributed by atoms with Crippen molar-refractivity contribution in [3.8, 4) is 5.88 Å². The number of Topliss-reactive ketones (excluding diaryl/α,β-unsaturated/α-hetero) is 1. The standard InChI is InChI=1S/C40H67N7O12S4/c1-11-39(8,45-62(51,52)33-23-29-30(41-13-3)25-47(17-14-20-55-10)63(53,54)37(29)60-33)34(50)27(4)40(9,12-2)59-32(49)16-15-31(48)58-28(24-42-38(5,6)7)26-57-36-35(43-61-44-36)46-18-21-56-22-19-46/h23,27-28,30,41-42,45H,11-22,24-26H2,1-10H3/t27-,28-,30-,39?,40?/m0/s1. The second kappa shape index (κ2) is 22.6. The van der Waals surface area contributed by atoms with E-state index in [0.717, 1.165) is 11.7 Å². The number of ether oxygens (including phenoxy) is 5. The van der Waals surface area contributed by atoms with Gasteiger partial charge in [0.05, 0.1) is 49.2 Å². The first kappa shape index (κ1) is 52.8. The Morgan fingerprint density at radius 3 is 2.33 bits per heavy atom. The van der Waals surface area contributed by atoms with Crippen LogP contribution in [-0.4, -0.2) is 143 Å². The summed E-state index contributed by atoms with van der Waals surface area (Å²) in [7, 11) is -6.91. The van der Waals surface area contributed by atoms with Crippen LogP contribution >= 0.6 is 23.1 Å². The third-order valence-corrected chi connectivity index (χ3v) is 17.4. The zero-order chi connectivity index (χ0) is 46.8. The van der Waals surface area contributed by atoms with Crippen molar-refractivity contribution < 1.29 is 54.9 Å². The average Bonchev–Trinajstić information content (AvgIpc) is 3.92. The molecule has 0 bridgehead atoms. The van der Waals surface area contributed by atoms with Gasteiger partial charge in [-0.2, -0.15) is 13.4 Å². The Morgan fingerprint density at radius 1 is 1.03 bits per heavy atom. The molecule has 1 fully saturated rings. The summed E-state index contributed by atoms with van der Waals surface area (Å²) in [4.78, 5) is 42.8. The summed E-state index contributed by atoms with van der Waals surface area (Å²) in [5.41, 5.74) is -2.99. The highest BCUT2D eigenvalue weighted by Crippen LogP contribution is 2.41. The molecule has 0 aromatic carbocycles. The van der Waals surface area contributed by atoms with Gasteiger partial charge in [-0.25, -0.2) is 16.8 Å². The van der Waals surface area contributed by atoms with Crippen molar-refractivity contribution in [3.05, 3.63) is 11.6 Å². The van der Waals surface area contributed by atoms with Crippen LogP contribution in [0, 0.1) is 5.92 Å². The SMILES string of the molecule is CCN[C@H]1CN(CCCOC)S(=O)(=O)c2sc(S(=O)(=O)NC(C)(CC)C(=O)[C@H](C)C(C)(CC)OC(=O)CCC(=O)O[C@@H](CNC(C)(C)C)COc3nsnc3N3CCOCC3)cc21. The lowest BCUT2D eigenvalue weighted by atomic mass is 9.77. The largest absolute Gasteiger partial charge is 0.470 e. The molecule has 5 atom stereocenters. The number of carbonyl (C=O) groups excluding carboxylic acids is 3. The molecule has 2 aliphatic rings. The molecule has 0 radical (unpaired) electrons. The molecule has 0 spiro atoms. The first-order valence-electron chi connectivity index (χ1n) is 21.4. The molecule has 0 aliphatic carbocycles. The van der Waals surface area contributed by atoms with Gasteiger partial charge < -0.3 is 39.2 Å². The number of anilines is 1. The number of sulfonamides is 2. The average molecular weight is 966 g/mol.